The van der Waals surface area contributed by atoms with Gasteiger partial charge in [-0.3, -0.25) is 9.00 Å². The van der Waals surface area contributed by atoms with Crippen molar-refractivity contribution >= 4 is 22.4 Å². The van der Waals surface area contributed by atoms with Crippen LogP contribution in [0.3, 0.4) is 0 Å². The van der Waals surface area contributed by atoms with Gasteiger partial charge in [-0.25, -0.2) is 9.97 Å². The lowest BCUT2D eigenvalue weighted by Crippen LogP contribution is -2.29. The normalized spacial score (nSPS) is 12.2. The number of amides is 1. The number of hydrogen-bond donors (Lipinski definition) is 2. The average molecular weight is 312 g/mol. The van der Waals surface area contributed by atoms with E-state index < -0.39 is 10.8 Å². The standard InChI is InChI=1S/C14H24N4O2S/c1-5-6-15-11-9-17-13(10(2)3)18-12(11)14(19)16-7-8-21(4)20/h9-10,15H,5-8H2,1-4H3,(H,16,19). The quantitative estimate of drug-likeness (QED) is 0.760. The molecule has 0 spiro atoms. The van der Waals surface area contributed by atoms with Gasteiger partial charge in [0.15, 0.2) is 5.69 Å². The summed E-state index contributed by atoms with van der Waals surface area (Å²) in [5.41, 5.74) is 0.986. The molecule has 1 aromatic rings. The molecular formula is C14H24N4O2S. The van der Waals surface area contributed by atoms with Gasteiger partial charge in [-0.05, 0) is 6.42 Å². The Morgan fingerprint density at radius 1 is 1.38 bits per heavy atom. The Morgan fingerprint density at radius 3 is 2.67 bits per heavy atom. The first-order valence-electron chi connectivity index (χ1n) is 7.14. The van der Waals surface area contributed by atoms with E-state index in [0.717, 1.165) is 13.0 Å². The topological polar surface area (TPSA) is 84.0 Å². The van der Waals surface area contributed by atoms with Crippen LogP contribution in [0.4, 0.5) is 5.69 Å². The van der Waals surface area contributed by atoms with Gasteiger partial charge in [0, 0.05) is 41.8 Å². The predicted octanol–water partition coefficient (Wildman–Crippen LogP) is 1.53. The largest absolute Gasteiger partial charge is 0.382 e. The summed E-state index contributed by atoms with van der Waals surface area (Å²) in [6, 6.07) is 0. The molecule has 0 fully saturated rings. The highest BCUT2D eigenvalue weighted by atomic mass is 32.2. The molecule has 118 valence electrons. The summed E-state index contributed by atoms with van der Waals surface area (Å²) in [5, 5.41) is 5.91. The highest BCUT2D eigenvalue weighted by Gasteiger charge is 2.16. The predicted molar refractivity (Wildman–Crippen MR) is 86.2 cm³/mol. The van der Waals surface area contributed by atoms with Gasteiger partial charge in [0.25, 0.3) is 5.91 Å². The molecule has 0 aliphatic carbocycles. The molecule has 0 aromatic carbocycles. The maximum atomic E-state index is 12.2. The van der Waals surface area contributed by atoms with Crippen LogP contribution >= 0.6 is 0 Å². The lowest BCUT2D eigenvalue weighted by Gasteiger charge is -2.13. The van der Waals surface area contributed by atoms with Crippen LogP contribution in [0.2, 0.25) is 0 Å². The average Bonchev–Trinajstić information content (AvgIpc) is 2.44. The summed E-state index contributed by atoms with van der Waals surface area (Å²) in [6.07, 6.45) is 4.22. The maximum absolute atomic E-state index is 12.2. The van der Waals surface area contributed by atoms with Crippen molar-refractivity contribution in [3.05, 3.63) is 17.7 Å². The van der Waals surface area contributed by atoms with Crippen molar-refractivity contribution in [2.24, 2.45) is 0 Å². The summed E-state index contributed by atoms with van der Waals surface area (Å²) in [4.78, 5) is 20.9. The first-order valence-corrected chi connectivity index (χ1v) is 8.87. The van der Waals surface area contributed by atoms with Gasteiger partial charge in [-0.2, -0.15) is 0 Å². The molecule has 0 radical (unpaired) electrons. The fourth-order valence-electron chi connectivity index (χ4n) is 1.63. The van der Waals surface area contributed by atoms with E-state index in [1.165, 1.54) is 0 Å². The molecule has 0 saturated carbocycles. The lowest BCUT2D eigenvalue weighted by atomic mass is 10.2. The minimum atomic E-state index is -0.923. The summed E-state index contributed by atoms with van der Waals surface area (Å²) in [6.45, 7) is 7.14. The van der Waals surface area contributed by atoms with Crippen LogP contribution in [-0.4, -0.2) is 45.2 Å². The number of aromatic nitrogens is 2. The van der Waals surface area contributed by atoms with Gasteiger partial charge in [-0.1, -0.05) is 20.8 Å². The second kappa shape index (κ2) is 8.71. The van der Waals surface area contributed by atoms with Gasteiger partial charge in [0.05, 0.1) is 11.9 Å². The summed E-state index contributed by atoms with van der Waals surface area (Å²) >= 11 is 0. The first-order chi connectivity index (χ1) is 9.95. The van der Waals surface area contributed by atoms with Crippen molar-refractivity contribution < 1.29 is 9.00 Å². The van der Waals surface area contributed by atoms with Crippen molar-refractivity contribution in [1.29, 1.82) is 0 Å². The number of carbonyl (C=O) groups is 1. The zero-order valence-electron chi connectivity index (χ0n) is 13.1. The van der Waals surface area contributed by atoms with Crippen LogP contribution < -0.4 is 10.6 Å². The summed E-state index contributed by atoms with van der Waals surface area (Å²) in [7, 11) is -0.923. The second-order valence-electron chi connectivity index (χ2n) is 5.11. The van der Waals surface area contributed by atoms with Crippen LogP contribution in [0.25, 0.3) is 0 Å². The monoisotopic (exact) mass is 312 g/mol. The number of hydrogen-bond acceptors (Lipinski definition) is 5. The molecule has 2 N–H and O–H groups in total. The third kappa shape index (κ3) is 5.79. The molecule has 1 aromatic heterocycles. The first kappa shape index (κ1) is 17.6. The molecule has 0 aliphatic rings. The van der Waals surface area contributed by atoms with E-state index in [-0.39, 0.29) is 11.8 Å². The Morgan fingerprint density at radius 2 is 2.10 bits per heavy atom. The van der Waals surface area contributed by atoms with Crippen molar-refractivity contribution in [3.8, 4) is 0 Å². The minimum absolute atomic E-state index is 0.153. The minimum Gasteiger partial charge on any atom is -0.382 e. The van der Waals surface area contributed by atoms with Crippen molar-refractivity contribution in [2.75, 3.05) is 30.4 Å². The lowest BCUT2D eigenvalue weighted by molar-refractivity contribution is 0.0951. The molecule has 0 bridgehead atoms. The van der Waals surface area contributed by atoms with E-state index in [4.69, 9.17) is 0 Å². The molecule has 1 heterocycles. The van der Waals surface area contributed by atoms with Crippen LogP contribution in [0, 0.1) is 0 Å². The van der Waals surface area contributed by atoms with E-state index in [1.807, 2.05) is 20.8 Å². The third-order valence-electron chi connectivity index (χ3n) is 2.78. The second-order valence-corrected chi connectivity index (χ2v) is 6.66. The van der Waals surface area contributed by atoms with Gasteiger partial charge in [0.2, 0.25) is 0 Å². The zero-order chi connectivity index (χ0) is 15.8. The number of nitrogens with zero attached hydrogens (tertiary/aromatic N) is 2. The van der Waals surface area contributed by atoms with Crippen molar-refractivity contribution in [3.63, 3.8) is 0 Å². The highest BCUT2D eigenvalue weighted by Crippen LogP contribution is 2.16. The van der Waals surface area contributed by atoms with Crippen molar-refractivity contribution in [2.45, 2.75) is 33.1 Å². The SMILES string of the molecule is CCCNc1cnc(C(C)C)nc1C(=O)NCCS(C)=O. The third-order valence-corrected chi connectivity index (χ3v) is 3.56. The Kier molecular flexibility index (Phi) is 7.28. The highest BCUT2D eigenvalue weighted by molar-refractivity contribution is 7.84. The fourth-order valence-corrected chi connectivity index (χ4v) is 2.02. The number of anilines is 1. The molecule has 6 nitrogen and oxygen atoms in total. The molecule has 1 amide bonds. The van der Waals surface area contributed by atoms with Gasteiger partial charge in [0.1, 0.15) is 5.82 Å². The Balaban J connectivity index is 2.90. The molecule has 1 atom stereocenters. The Hall–Kier alpha value is -1.50. The number of carbonyl (C=O) groups excluding carboxylic acids is 1. The van der Waals surface area contributed by atoms with Crippen LogP contribution in [-0.2, 0) is 10.8 Å². The molecule has 0 aliphatic heterocycles. The van der Waals surface area contributed by atoms with Crippen LogP contribution in [0.15, 0.2) is 6.20 Å². The molecule has 0 saturated heterocycles. The number of nitrogens with one attached hydrogen (secondary N) is 2. The maximum Gasteiger partial charge on any atom is 0.272 e. The molecular weight excluding hydrogens is 288 g/mol. The fraction of sp³-hybridized carbons (Fsp3) is 0.643. The Labute approximate surface area is 128 Å². The van der Waals surface area contributed by atoms with Crippen LogP contribution in [0.5, 0.6) is 0 Å². The summed E-state index contributed by atoms with van der Waals surface area (Å²) in [5.74, 6) is 0.968. The van der Waals surface area contributed by atoms with E-state index in [1.54, 1.807) is 12.5 Å². The summed E-state index contributed by atoms with van der Waals surface area (Å²) < 4.78 is 11.0. The van der Waals surface area contributed by atoms with E-state index in [2.05, 4.69) is 20.6 Å². The van der Waals surface area contributed by atoms with Crippen LogP contribution in [0.1, 0.15) is 49.4 Å². The van der Waals surface area contributed by atoms with E-state index in [9.17, 15) is 9.00 Å². The van der Waals surface area contributed by atoms with E-state index in [0.29, 0.717) is 29.5 Å². The van der Waals surface area contributed by atoms with Gasteiger partial charge < -0.3 is 10.6 Å². The molecule has 1 rings (SSSR count). The number of rotatable bonds is 8. The molecule has 7 heteroatoms. The Bertz CT molecular complexity index is 506. The smallest absolute Gasteiger partial charge is 0.272 e. The van der Waals surface area contributed by atoms with Gasteiger partial charge >= 0.3 is 0 Å². The van der Waals surface area contributed by atoms with Gasteiger partial charge in [-0.15, -0.1) is 0 Å². The molecule has 1 unspecified atom stereocenters. The van der Waals surface area contributed by atoms with Crippen molar-refractivity contribution in [1.82, 2.24) is 15.3 Å². The zero-order valence-corrected chi connectivity index (χ0v) is 13.9. The molecule has 21 heavy (non-hydrogen) atoms. The van der Waals surface area contributed by atoms with E-state index >= 15 is 0 Å².